The van der Waals surface area contributed by atoms with Crippen LogP contribution in [0.1, 0.15) is 37.5 Å². The van der Waals surface area contributed by atoms with E-state index in [0.29, 0.717) is 0 Å². The molecule has 0 amide bonds. The molecule has 27 heavy (non-hydrogen) atoms. The third-order valence-electron chi connectivity index (χ3n) is 5.80. The number of fused-ring (bicyclic) bond motifs is 2. The largest absolute Gasteiger partial charge is 0.213 e. The van der Waals surface area contributed by atoms with E-state index in [4.69, 9.17) is 0 Å². The maximum Gasteiger partial charge on any atom is 0.213 e. The molecule has 0 aliphatic rings. The summed E-state index contributed by atoms with van der Waals surface area (Å²) in [5.74, 6) is 0. The Kier molecular flexibility index (Phi) is 4.07. The van der Waals surface area contributed by atoms with Crippen molar-refractivity contribution in [2.75, 3.05) is 0 Å². The summed E-state index contributed by atoms with van der Waals surface area (Å²) in [4.78, 5) is 0. The molecule has 0 saturated heterocycles. The van der Waals surface area contributed by atoms with Crippen molar-refractivity contribution < 1.29 is 4.57 Å². The Bertz CT molecular complexity index is 1180. The van der Waals surface area contributed by atoms with Crippen LogP contribution in [0, 0.1) is 13.8 Å². The number of aromatic nitrogens is 1. The highest BCUT2D eigenvalue weighted by Crippen LogP contribution is 2.37. The van der Waals surface area contributed by atoms with Gasteiger partial charge in [-0.2, -0.15) is 4.57 Å². The van der Waals surface area contributed by atoms with E-state index in [-0.39, 0.29) is 5.41 Å². The first kappa shape index (κ1) is 17.7. The van der Waals surface area contributed by atoms with E-state index < -0.39 is 0 Å². The van der Waals surface area contributed by atoms with Gasteiger partial charge >= 0.3 is 0 Å². The molecule has 0 saturated carbocycles. The van der Waals surface area contributed by atoms with Gasteiger partial charge < -0.3 is 0 Å². The molecule has 0 aliphatic heterocycles. The van der Waals surface area contributed by atoms with Crippen LogP contribution < -0.4 is 4.57 Å². The Hall–Kier alpha value is -2.67. The number of benzene rings is 3. The average Bonchev–Trinajstić information content (AvgIpc) is 2.64. The first-order valence-electron chi connectivity index (χ1n) is 9.70. The lowest BCUT2D eigenvalue weighted by atomic mass is 9.80. The predicted molar refractivity (Wildman–Crippen MR) is 116 cm³/mol. The Morgan fingerprint density at radius 2 is 1.33 bits per heavy atom. The number of hydrogen-bond donors (Lipinski definition) is 0. The second-order valence-electron chi connectivity index (χ2n) is 8.68. The van der Waals surface area contributed by atoms with Crippen molar-refractivity contribution in [1.82, 2.24) is 0 Å². The molecule has 0 radical (unpaired) electrons. The number of hydrogen-bond acceptors (Lipinski definition) is 0. The summed E-state index contributed by atoms with van der Waals surface area (Å²) in [7, 11) is 2.18. The van der Waals surface area contributed by atoms with E-state index in [1.807, 2.05) is 0 Å². The Morgan fingerprint density at radius 1 is 0.741 bits per heavy atom. The zero-order chi connectivity index (χ0) is 19.3. The summed E-state index contributed by atoms with van der Waals surface area (Å²) >= 11 is 0. The fraction of sp³-hybridized carbons (Fsp3) is 0.269. The second kappa shape index (κ2) is 6.20. The minimum atomic E-state index is 0.0898. The zero-order valence-electron chi connectivity index (χ0n) is 17.2. The lowest BCUT2D eigenvalue weighted by Crippen LogP contribution is -2.32. The smallest absolute Gasteiger partial charge is 0.194 e. The van der Waals surface area contributed by atoms with Crippen molar-refractivity contribution in [2.24, 2.45) is 7.05 Å². The number of aryl methyl sites for hydroxylation is 3. The first-order chi connectivity index (χ1) is 12.8. The molecule has 3 aromatic carbocycles. The molecule has 0 bridgehead atoms. The summed E-state index contributed by atoms with van der Waals surface area (Å²) in [6.45, 7) is 11.4. The highest BCUT2D eigenvalue weighted by molar-refractivity contribution is 5.94. The Morgan fingerprint density at radius 3 is 2.00 bits per heavy atom. The molecule has 4 rings (SSSR count). The van der Waals surface area contributed by atoms with Gasteiger partial charge in [0.25, 0.3) is 0 Å². The lowest BCUT2D eigenvalue weighted by molar-refractivity contribution is -0.633. The maximum absolute atomic E-state index is 2.42. The van der Waals surface area contributed by atoms with Crippen LogP contribution in [0.15, 0.2) is 60.7 Å². The van der Waals surface area contributed by atoms with Gasteiger partial charge in [-0.25, -0.2) is 0 Å². The topological polar surface area (TPSA) is 3.88 Å². The fourth-order valence-electron chi connectivity index (χ4n) is 4.27. The van der Waals surface area contributed by atoms with E-state index in [9.17, 15) is 0 Å². The fourth-order valence-corrected chi connectivity index (χ4v) is 4.27. The van der Waals surface area contributed by atoms with Gasteiger partial charge in [0, 0.05) is 23.1 Å². The highest BCUT2D eigenvalue weighted by atomic mass is 14.9. The normalized spacial score (nSPS) is 12.1. The van der Waals surface area contributed by atoms with E-state index >= 15 is 0 Å². The van der Waals surface area contributed by atoms with E-state index in [1.54, 1.807) is 0 Å². The van der Waals surface area contributed by atoms with Gasteiger partial charge in [0.1, 0.15) is 7.05 Å². The Balaban J connectivity index is 2.13. The number of pyridine rings is 1. The summed E-state index contributed by atoms with van der Waals surface area (Å²) < 4.78 is 2.34. The van der Waals surface area contributed by atoms with Crippen molar-refractivity contribution in [1.29, 1.82) is 0 Å². The van der Waals surface area contributed by atoms with Crippen LogP contribution in [0.2, 0.25) is 0 Å². The van der Waals surface area contributed by atoms with Crippen LogP contribution >= 0.6 is 0 Å². The van der Waals surface area contributed by atoms with Gasteiger partial charge in [-0.3, -0.25) is 0 Å². The van der Waals surface area contributed by atoms with Crippen LogP contribution in [0.4, 0.5) is 0 Å². The molecule has 1 heterocycles. The lowest BCUT2D eigenvalue weighted by Gasteiger charge is -2.24. The minimum absolute atomic E-state index is 0.0898. The summed E-state index contributed by atoms with van der Waals surface area (Å²) in [6, 6.07) is 22.2. The molecule has 0 spiro atoms. The van der Waals surface area contributed by atoms with E-state index in [0.717, 1.165) is 0 Å². The molecule has 0 fully saturated rings. The van der Waals surface area contributed by atoms with Gasteiger partial charge in [0.05, 0.1) is 0 Å². The number of nitrogens with zero attached hydrogens (tertiary/aromatic N) is 1. The van der Waals surface area contributed by atoms with Crippen LogP contribution in [0.3, 0.4) is 0 Å². The standard InChI is InChI=1S/C26H28N/c1-17-15-25(27(6)24-14-10-9-11-19(17)24)22-16-23(26(3,4)5)21-13-8-7-12-20(21)18(22)2/h7-16H,1-6H3/q+1. The van der Waals surface area contributed by atoms with Crippen molar-refractivity contribution in [2.45, 2.75) is 40.0 Å². The Labute approximate surface area is 162 Å². The third-order valence-corrected chi connectivity index (χ3v) is 5.80. The van der Waals surface area contributed by atoms with Crippen LogP contribution in [-0.2, 0) is 12.5 Å². The molecule has 1 aromatic heterocycles. The van der Waals surface area contributed by atoms with Gasteiger partial charge in [-0.15, -0.1) is 0 Å². The summed E-state index contributed by atoms with van der Waals surface area (Å²) in [6.07, 6.45) is 0. The molecule has 136 valence electrons. The molecular weight excluding hydrogens is 326 g/mol. The molecule has 0 aliphatic carbocycles. The molecule has 0 N–H and O–H groups in total. The number of rotatable bonds is 1. The van der Waals surface area contributed by atoms with Gasteiger partial charge in [0.2, 0.25) is 11.2 Å². The summed E-state index contributed by atoms with van der Waals surface area (Å²) in [5.41, 5.74) is 8.05. The quantitative estimate of drug-likeness (QED) is 0.348. The molecule has 0 unspecified atom stereocenters. The first-order valence-corrected chi connectivity index (χ1v) is 9.70. The molecule has 4 aromatic rings. The predicted octanol–water partition coefficient (Wildman–Crippen LogP) is 6.40. The minimum Gasteiger partial charge on any atom is -0.194 e. The maximum atomic E-state index is 2.42. The zero-order valence-corrected chi connectivity index (χ0v) is 17.2. The van der Waals surface area contributed by atoms with Crippen LogP contribution in [-0.4, -0.2) is 0 Å². The van der Waals surface area contributed by atoms with Crippen molar-refractivity contribution in [3.8, 4) is 11.3 Å². The molecule has 0 atom stereocenters. The van der Waals surface area contributed by atoms with E-state index in [2.05, 4.69) is 107 Å². The van der Waals surface area contributed by atoms with Gasteiger partial charge in [-0.1, -0.05) is 57.2 Å². The van der Waals surface area contributed by atoms with Crippen LogP contribution in [0.5, 0.6) is 0 Å². The average molecular weight is 355 g/mol. The second-order valence-corrected chi connectivity index (χ2v) is 8.68. The highest BCUT2D eigenvalue weighted by Gasteiger charge is 2.24. The number of para-hydroxylation sites is 1. The molecule has 1 heteroatoms. The van der Waals surface area contributed by atoms with Gasteiger partial charge in [0.15, 0.2) is 0 Å². The SMILES string of the molecule is Cc1c(-c2cc(C)c3ccccc3[n+]2C)cc(C(C)(C)C)c2ccccc12. The van der Waals surface area contributed by atoms with E-state index in [1.165, 1.54) is 49.6 Å². The molecule has 1 nitrogen and oxygen atoms in total. The summed E-state index contributed by atoms with van der Waals surface area (Å²) in [5, 5.41) is 4.04. The third kappa shape index (κ3) is 2.82. The van der Waals surface area contributed by atoms with Crippen molar-refractivity contribution >= 4 is 21.7 Å². The van der Waals surface area contributed by atoms with Crippen molar-refractivity contribution in [3.63, 3.8) is 0 Å². The van der Waals surface area contributed by atoms with Crippen molar-refractivity contribution in [3.05, 3.63) is 77.4 Å². The van der Waals surface area contributed by atoms with Gasteiger partial charge in [-0.05, 0) is 58.9 Å². The monoisotopic (exact) mass is 354 g/mol. The van der Waals surface area contributed by atoms with Crippen LogP contribution in [0.25, 0.3) is 32.9 Å². The molecular formula is C26H28N+.